The summed E-state index contributed by atoms with van der Waals surface area (Å²) >= 11 is 1.37. The second-order valence-corrected chi connectivity index (χ2v) is 8.09. The quantitative estimate of drug-likeness (QED) is 0.372. The van der Waals surface area contributed by atoms with Crippen LogP contribution in [0.5, 0.6) is 5.75 Å². The van der Waals surface area contributed by atoms with Crippen molar-refractivity contribution >= 4 is 44.0 Å². The van der Waals surface area contributed by atoms with Crippen LogP contribution in [-0.2, 0) is 4.84 Å². The molecule has 1 fully saturated rings. The number of halogens is 2. The van der Waals surface area contributed by atoms with E-state index in [0.29, 0.717) is 5.00 Å². The molecule has 1 aliphatic rings. The molecule has 1 aliphatic heterocycles. The van der Waals surface area contributed by atoms with Gasteiger partial charge in [-0.2, -0.15) is 4.99 Å². The molecule has 3 N–H and O–H groups in total. The maximum absolute atomic E-state index is 14.8. The van der Waals surface area contributed by atoms with Gasteiger partial charge < -0.3 is 20.0 Å². The standard InChI is InChI=1S/C22H20F2N4O4S/c1-31-13-9-15(23)19(16(24)10-13)14-11-25-21(28-32-7-6-29)20(14)27-22(30)26-18-8-12-4-2-3-5-17(12)33-18/h2-5,8-10,14,29H,6-7,11H2,1H3,(H,25,28)(H,26,30)/b27-20+/t14-/m0/s1. The number of carbonyl (C=O) groups excluding carboxylic acids is 1. The maximum atomic E-state index is 14.8. The number of amidine groups is 1. The number of anilines is 1. The van der Waals surface area contributed by atoms with E-state index in [2.05, 4.69) is 20.8 Å². The first-order chi connectivity index (χ1) is 16.0. The highest BCUT2D eigenvalue weighted by molar-refractivity contribution is 7.22. The van der Waals surface area contributed by atoms with Crippen LogP contribution < -0.4 is 15.4 Å². The van der Waals surface area contributed by atoms with Gasteiger partial charge in [0.1, 0.15) is 29.7 Å². The van der Waals surface area contributed by atoms with Crippen LogP contribution in [0, 0.1) is 11.6 Å². The highest BCUT2D eigenvalue weighted by Gasteiger charge is 2.35. The van der Waals surface area contributed by atoms with Gasteiger partial charge in [0.05, 0.1) is 24.6 Å². The van der Waals surface area contributed by atoms with Crippen molar-refractivity contribution in [3.05, 3.63) is 59.7 Å². The lowest BCUT2D eigenvalue weighted by atomic mass is 9.95. The molecule has 2 amide bonds. The Morgan fingerprint density at radius 2 is 2.03 bits per heavy atom. The minimum atomic E-state index is -0.944. The third-order valence-corrected chi connectivity index (χ3v) is 5.93. The Morgan fingerprint density at radius 1 is 1.27 bits per heavy atom. The average molecular weight is 474 g/mol. The number of nitrogens with zero attached hydrogens (tertiary/aromatic N) is 2. The van der Waals surface area contributed by atoms with Gasteiger partial charge in [0, 0.05) is 28.9 Å². The normalized spacial score (nSPS) is 18.0. The van der Waals surface area contributed by atoms with E-state index in [1.165, 1.54) is 18.4 Å². The first kappa shape index (κ1) is 22.6. The predicted molar refractivity (Wildman–Crippen MR) is 122 cm³/mol. The lowest BCUT2D eigenvalue weighted by molar-refractivity contribution is 0.0985. The molecule has 1 aromatic heterocycles. The van der Waals surface area contributed by atoms with Gasteiger partial charge in [-0.3, -0.25) is 5.32 Å². The van der Waals surface area contributed by atoms with Crippen LogP contribution in [0.4, 0.5) is 18.6 Å². The number of aliphatic hydroxyl groups is 1. The zero-order valence-electron chi connectivity index (χ0n) is 17.5. The number of hydrogen-bond acceptors (Lipinski definition) is 6. The Balaban J connectivity index is 1.66. The third-order valence-electron chi connectivity index (χ3n) is 4.90. The second kappa shape index (κ2) is 9.92. The van der Waals surface area contributed by atoms with Gasteiger partial charge in [-0.1, -0.05) is 23.4 Å². The van der Waals surface area contributed by atoms with Gasteiger partial charge in [0.25, 0.3) is 0 Å². The SMILES string of the molecule is COc1cc(F)c([C@@H]2CNC(=N\OCCO)/C2=N/C(=O)Nc2cc3ccccc3s2)c(F)c1. The van der Waals surface area contributed by atoms with Crippen molar-refractivity contribution in [3.63, 3.8) is 0 Å². The van der Waals surface area contributed by atoms with Crippen molar-refractivity contribution in [1.82, 2.24) is 5.32 Å². The third kappa shape index (κ3) is 4.94. The number of amides is 2. The van der Waals surface area contributed by atoms with E-state index < -0.39 is 23.6 Å². The Morgan fingerprint density at radius 3 is 2.73 bits per heavy atom. The molecule has 0 aliphatic carbocycles. The monoisotopic (exact) mass is 474 g/mol. The van der Waals surface area contributed by atoms with Crippen molar-refractivity contribution in [3.8, 4) is 5.75 Å². The summed E-state index contributed by atoms with van der Waals surface area (Å²) in [5.74, 6) is -2.54. The molecular formula is C22H20F2N4O4S. The number of rotatable bonds is 6. The number of fused-ring (bicyclic) bond motifs is 1. The molecule has 11 heteroatoms. The van der Waals surface area contributed by atoms with Crippen molar-refractivity contribution in [2.45, 2.75) is 5.92 Å². The van der Waals surface area contributed by atoms with E-state index in [9.17, 15) is 13.6 Å². The number of ether oxygens (including phenoxy) is 1. The molecular weight excluding hydrogens is 454 g/mol. The molecule has 0 bridgehead atoms. The fourth-order valence-corrected chi connectivity index (χ4v) is 4.40. The molecule has 0 radical (unpaired) electrons. The van der Waals surface area contributed by atoms with Gasteiger partial charge in [-0.25, -0.2) is 13.6 Å². The van der Waals surface area contributed by atoms with E-state index in [1.54, 1.807) is 0 Å². The number of methoxy groups -OCH3 is 1. The zero-order chi connectivity index (χ0) is 23.4. The number of oxime groups is 1. The minimum Gasteiger partial charge on any atom is -0.497 e. The topological polar surface area (TPSA) is 105 Å². The van der Waals surface area contributed by atoms with E-state index in [4.69, 9.17) is 14.7 Å². The second-order valence-electron chi connectivity index (χ2n) is 7.01. The minimum absolute atomic E-state index is 0.00881. The number of benzene rings is 2. The molecule has 33 heavy (non-hydrogen) atoms. The highest BCUT2D eigenvalue weighted by Crippen LogP contribution is 2.32. The molecule has 172 valence electrons. The van der Waals surface area contributed by atoms with Gasteiger partial charge in [-0.15, -0.1) is 11.3 Å². The lowest BCUT2D eigenvalue weighted by Gasteiger charge is -2.13. The van der Waals surface area contributed by atoms with Crippen LogP contribution in [0.1, 0.15) is 11.5 Å². The van der Waals surface area contributed by atoms with Crippen molar-refractivity contribution in [1.29, 1.82) is 0 Å². The Bertz CT molecular complexity index is 1190. The number of hydrogen-bond donors (Lipinski definition) is 3. The van der Waals surface area contributed by atoms with Crippen LogP contribution in [0.2, 0.25) is 0 Å². The summed E-state index contributed by atoms with van der Waals surface area (Å²) in [7, 11) is 1.31. The number of nitrogens with one attached hydrogen (secondary N) is 2. The predicted octanol–water partition coefficient (Wildman–Crippen LogP) is 3.87. The summed E-state index contributed by atoms with van der Waals surface area (Å²) in [4.78, 5) is 21.7. The highest BCUT2D eigenvalue weighted by atomic mass is 32.1. The molecule has 0 unspecified atom stereocenters. The van der Waals surface area contributed by atoms with Crippen LogP contribution in [0.3, 0.4) is 0 Å². The average Bonchev–Trinajstić information content (AvgIpc) is 3.37. The number of aliphatic hydroxyl groups excluding tert-OH is 1. The maximum Gasteiger partial charge on any atom is 0.346 e. The molecule has 8 nitrogen and oxygen atoms in total. The number of carbonyl (C=O) groups is 1. The fourth-order valence-electron chi connectivity index (χ4n) is 3.45. The van der Waals surface area contributed by atoms with Crippen molar-refractivity contribution in [2.24, 2.45) is 10.1 Å². The molecule has 1 atom stereocenters. The molecule has 2 heterocycles. The van der Waals surface area contributed by atoms with Crippen LogP contribution >= 0.6 is 11.3 Å². The van der Waals surface area contributed by atoms with E-state index >= 15 is 0 Å². The van der Waals surface area contributed by atoms with Crippen molar-refractivity contribution < 1.29 is 28.3 Å². The van der Waals surface area contributed by atoms with Crippen LogP contribution in [-0.4, -0.2) is 49.6 Å². The molecule has 3 aromatic rings. The van der Waals surface area contributed by atoms with Gasteiger partial charge in [0.15, 0.2) is 5.84 Å². The summed E-state index contributed by atoms with van der Waals surface area (Å²) in [5, 5.41) is 19.8. The summed E-state index contributed by atoms with van der Waals surface area (Å²) in [6, 6.07) is 10.8. The van der Waals surface area contributed by atoms with E-state index in [-0.39, 0.29) is 42.6 Å². The Labute approximate surface area is 191 Å². The lowest BCUT2D eigenvalue weighted by Crippen LogP contribution is -2.23. The first-order valence-corrected chi connectivity index (χ1v) is 10.8. The molecule has 4 rings (SSSR count). The van der Waals surface area contributed by atoms with Crippen LogP contribution in [0.25, 0.3) is 10.1 Å². The number of thiophene rings is 1. The molecule has 0 spiro atoms. The molecule has 2 aromatic carbocycles. The van der Waals surface area contributed by atoms with Crippen LogP contribution in [0.15, 0.2) is 52.6 Å². The summed E-state index contributed by atoms with van der Waals surface area (Å²) in [5.41, 5.74) is -0.265. The number of aliphatic imine (C=N–C) groups is 1. The van der Waals surface area contributed by atoms with Gasteiger partial charge in [0.2, 0.25) is 0 Å². The summed E-state index contributed by atoms with van der Waals surface area (Å²) in [6.45, 7) is -0.334. The summed E-state index contributed by atoms with van der Waals surface area (Å²) < 4.78 is 35.4. The van der Waals surface area contributed by atoms with Crippen molar-refractivity contribution in [2.75, 3.05) is 32.2 Å². The first-order valence-electron chi connectivity index (χ1n) is 9.96. The molecule has 0 saturated carbocycles. The smallest absolute Gasteiger partial charge is 0.346 e. The van der Waals surface area contributed by atoms with E-state index in [1.807, 2.05) is 30.3 Å². The summed E-state index contributed by atoms with van der Waals surface area (Å²) in [6.07, 6.45) is 0. The molecule has 1 saturated heterocycles. The largest absolute Gasteiger partial charge is 0.497 e. The fraction of sp³-hybridized carbons (Fsp3) is 0.227. The Kier molecular flexibility index (Phi) is 6.80. The van der Waals surface area contributed by atoms with E-state index in [0.717, 1.165) is 22.2 Å². The van der Waals surface area contributed by atoms with Gasteiger partial charge in [-0.05, 0) is 17.5 Å². The number of urea groups is 1. The zero-order valence-corrected chi connectivity index (χ0v) is 18.3. The van der Waals surface area contributed by atoms with Gasteiger partial charge >= 0.3 is 6.03 Å². The Hall–Kier alpha value is -3.57.